The van der Waals surface area contributed by atoms with Crippen LogP contribution in [-0.4, -0.2) is 32.2 Å². The molecule has 1 N–H and O–H groups in total. The number of amides is 1. The Morgan fingerprint density at radius 2 is 2.24 bits per heavy atom. The van der Waals surface area contributed by atoms with Crippen LogP contribution in [0.2, 0.25) is 0 Å². The lowest BCUT2D eigenvalue weighted by molar-refractivity contribution is -0.118. The Balaban J connectivity index is 2.32. The van der Waals surface area contributed by atoms with Gasteiger partial charge in [-0.15, -0.1) is 0 Å². The summed E-state index contributed by atoms with van der Waals surface area (Å²) in [4.78, 5) is 13.9. The number of methoxy groups -OCH3 is 1. The van der Waals surface area contributed by atoms with Crippen molar-refractivity contribution < 1.29 is 9.53 Å². The van der Waals surface area contributed by atoms with Crippen molar-refractivity contribution in [2.75, 3.05) is 30.5 Å². The number of carbonyl (C=O) groups is 1. The molecule has 2 rings (SSSR count). The number of hydrogen-bond acceptors (Lipinski definition) is 3. The maximum atomic E-state index is 12.1. The second kappa shape index (κ2) is 5.19. The lowest BCUT2D eigenvalue weighted by Crippen LogP contribution is -2.34. The first kappa shape index (κ1) is 11.9. The van der Waals surface area contributed by atoms with Gasteiger partial charge in [0.1, 0.15) is 0 Å². The van der Waals surface area contributed by atoms with E-state index in [-0.39, 0.29) is 11.9 Å². The van der Waals surface area contributed by atoms with Crippen molar-refractivity contribution in [2.45, 2.75) is 19.4 Å². The van der Waals surface area contributed by atoms with Crippen LogP contribution in [0.5, 0.6) is 0 Å². The number of rotatable bonds is 3. The van der Waals surface area contributed by atoms with Crippen LogP contribution < -0.4 is 10.2 Å². The molecule has 1 aromatic rings. The summed E-state index contributed by atoms with van der Waals surface area (Å²) >= 11 is 0. The predicted octanol–water partition coefficient (Wildman–Crippen LogP) is 1.87. The summed E-state index contributed by atoms with van der Waals surface area (Å²) in [5.41, 5.74) is 1.96. The molecule has 0 saturated carbocycles. The Kier molecular flexibility index (Phi) is 3.64. The molecule has 0 aromatic heterocycles. The van der Waals surface area contributed by atoms with E-state index in [0.717, 1.165) is 11.4 Å². The van der Waals surface area contributed by atoms with Crippen molar-refractivity contribution in [1.82, 2.24) is 0 Å². The normalized spacial score (nSPS) is 19.5. The van der Waals surface area contributed by atoms with Crippen LogP contribution in [0, 0.1) is 0 Å². The second-order valence-electron chi connectivity index (χ2n) is 4.30. The molecule has 0 fully saturated rings. The molecular formula is C13H18N2O2. The fourth-order valence-electron chi connectivity index (χ4n) is 2.08. The number of fused-ring (bicyclic) bond motifs is 1. The van der Waals surface area contributed by atoms with Crippen molar-refractivity contribution >= 4 is 17.3 Å². The fraction of sp³-hybridized carbons (Fsp3) is 0.462. The third kappa shape index (κ3) is 2.58. The number of ether oxygens (including phenoxy) is 1. The molecule has 0 bridgehead atoms. The van der Waals surface area contributed by atoms with Crippen LogP contribution in [0.1, 0.15) is 13.3 Å². The van der Waals surface area contributed by atoms with Crippen LogP contribution in [0.4, 0.5) is 11.4 Å². The molecule has 1 aliphatic heterocycles. The topological polar surface area (TPSA) is 41.6 Å². The Hall–Kier alpha value is -1.55. The zero-order valence-electron chi connectivity index (χ0n) is 10.3. The molecule has 1 heterocycles. The maximum absolute atomic E-state index is 12.1. The number of para-hydroxylation sites is 2. The van der Waals surface area contributed by atoms with Crippen LogP contribution in [-0.2, 0) is 9.53 Å². The Labute approximate surface area is 102 Å². The molecule has 1 atom stereocenters. The summed E-state index contributed by atoms with van der Waals surface area (Å²) in [6.45, 7) is 3.17. The summed E-state index contributed by atoms with van der Waals surface area (Å²) in [5.74, 6) is 0.145. The molecule has 1 aliphatic rings. The van der Waals surface area contributed by atoms with E-state index >= 15 is 0 Å². The third-order valence-corrected chi connectivity index (χ3v) is 2.90. The number of nitrogens with zero attached hydrogens (tertiary/aromatic N) is 1. The molecule has 0 saturated heterocycles. The number of benzene rings is 1. The zero-order valence-corrected chi connectivity index (χ0v) is 10.3. The largest absolute Gasteiger partial charge is 0.383 e. The van der Waals surface area contributed by atoms with Gasteiger partial charge in [0.25, 0.3) is 0 Å². The van der Waals surface area contributed by atoms with E-state index in [0.29, 0.717) is 19.6 Å². The average Bonchev–Trinajstić information content (AvgIpc) is 2.42. The van der Waals surface area contributed by atoms with E-state index < -0.39 is 0 Å². The zero-order chi connectivity index (χ0) is 12.3. The first-order chi connectivity index (χ1) is 8.22. The third-order valence-electron chi connectivity index (χ3n) is 2.90. The van der Waals surface area contributed by atoms with Gasteiger partial charge in [0.2, 0.25) is 5.91 Å². The van der Waals surface area contributed by atoms with Crippen LogP contribution in [0.15, 0.2) is 24.3 Å². The molecule has 0 aliphatic carbocycles. The fourth-order valence-corrected chi connectivity index (χ4v) is 2.08. The van der Waals surface area contributed by atoms with Gasteiger partial charge in [0, 0.05) is 26.1 Å². The molecule has 1 amide bonds. The Morgan fingerprint density at radius 3 is 3.00 bits per heavy atom. The van der Waals surface area contributed by atoms with Crippen molar-refractivity contribution in [2.24, 2.45) is 0 Å². The van der Waals surface area contributed by atoms with Gasteiger partial charge in [0.05, 0.1) is 18.0 Å². The summed E-state index contributed by atoms with van der Waals surface area (Å²) in [7, 11) is 1.65. The smallest absolute Gasteiger partial charge is 0.229 e. The van der Waals surface area contributed by atoms with E-state index in [1.165, 1.54) is 0 Å². The van der Waals surface area contributed by atoms with E-state index in [1.807, 2.05) is 31.2 Å². The molecule has 92 valence electrons. The van der Waals surface area contributed by atoms with Gasteiger partial charge in [-0.3, -0.25) is 4.79 Å². The van der Waals surface area contributed by atoms with Crippen LogP contribution in [0.25, 0.3) is 0 Å². The van der Waals surface area contributed by atoms with E-state index in [1.54, 1.807) is 12.0 Å². The van der Waals surface area contributed by atoms with Crippen molar-refractivity contribution in [3.63, 3.8) is 0 Å². The van der Waals surface area contributed by atoms with E-state index in [2.05, 4.69) is 5.32 Å². The average molecular weight is 234 g/mol. The minimum absolute atomic E-state index is 0.145. The monoisotopic (exact) mass is 234 g/mol. The number of anilines is 2. The maximum Gasteiger partial charge on any atom is 0.229 e. The van der Waals surface area contributed by atoms with Gasteiger partial charge >= 0.3 is 0 Å². The number of carbonyl (C=O) groups excluding carboxylic acids is 1. The van der Waals surface area contributed by atoms with Gasteiger partial charge in [-0.2, -0.15) is 0 Å². The highest BCUT2D eigenvalue weighted by atomic mass is 16.5. The van der Waals surface area contributed by atoms with Crippen molar-refractivity contribution in [1.29, 1.82) is 0 Å². The number of nitrogens with one attached hydrogen (secondary N) is 1. The molecule has 1 aromatic carbocycles. The lowest BCUT2D eigenvalue weighted by Gasteiger charge is -2.21. The first-order valence-corrected chi connectivity index (χ1v) is 5.87. The summed E-state index contributed by atoms with van der Waals surface area (Å²) in [6, 6.07) is 8.06. The molecule has 4 heteroatoms. The van der Waals surface area contributed by atoms with Crippen molar-refractivity contribution in [3.05, 3.63) is 24.3 Å². The predicted molar refractivity (Wildman–Crippen MR) is 68.4 cm³/mol. The first-order valence-electron chi connectivity index (χ1n) is 5.87. The molecule has 0 spiro atoms. The summed E-state index contributed by atoms with van der Waals surface area (Å²) in [5, 5.41) is 3.36. The summed E-state index contributed by atoms with van der Waals surface area (Å²) in [6.07, 6.45) is 0.512. The van der Waals surface area contributed by atoms with Gasteiger partial charge in [-0.05, 0) is 19.1 Å². The Bertz CT molecular complexity index is 406. The minimum Gasteiger partial charge on any atom is -0.383 e. The number of hydrogen-bond donors (Lipinski definition) is 1. The molecule has 1 unspecified atom stereocenters. The van der Waals surface area contributed by atoms with Crippen molar-refractivity contribution in [3.8, 4) is 0 Å². The van der Waals surface area contributed by atoms with E-state index in [9.17, 15) is 4.79 Å². The lowest BCUT2D eigenvalue weighted by atomic mass is 10.2. The second-order valence-corrected chi connectivity index (χ2v) is 4.30. The highest BCUT2D eigenvalue weighted by Gasteiger charge is 2.24. The highest BCUT2D eigenvalue weighted by molar-refractivity contribution is 5.98. The molecular weight excluding hydrogens is 216 g/mol. The van der Waals surface area contributed by atoms with Gasteiger partial charge < -0.3 is 15.0 Å². The summed E-state index contributed by atoms with van der Waals surface area (Å²) < 4.78 is 5.06. The van der Waals surface area contributed by atoms with Gasteiger partial charge in [0.15, 0.2) is 0 Å². The standard InChI is InChI=1S/C13H18N2O2/c1-10-9-13(16)15(7-8-17-2)12-6-4-3-5-11(12)14-10/h3-6,10,14H,7-9H2,1-2H3. The molecule has 0 radical (unpaired) electrons. The van der Waals surface area contributed by atoms with Crippen LogP contribution in [0.3, 0.4) is 0 Å². The minimum atomic E-state index is 0.145. The van der Waals surface area contributed by atoms with Gasteiger partial charge in [-0.1, -0.05) is 12.1 Å². The highest BCUT2D eigenvalue weighted by Crippen LogP contribution is 2.29. The SMILES string of the molecule is COCCN1C(=O)CC(C)Nc2ccccc21. The molecule has 4 nitrogen and oxygen atoms in total. The quantitative estimate of drug-likeness (QED) is 0.868. The molecule has 17 heavy (non-hydrogen) atoms. The van der Waals surface area contributed by atoms with Gasteiger partial charge in [-0.25, -0.2) is 0 Å². The van der Waals surface area contributed by atoms with Crippen LogP contribution >= 0.6 is 0 Å². The van der Waals surface area contributed by atoms with E-state index in [4.69, 9.17) is 4.74 Å². The Morgan fingerprint density at radius 1 is 1.47 bits per heavy atom.